The minimum absolute atomic E-state index is 0.171. The molecule has 1 aromatic carbocycles. The van der Waals surface area contributed by atoms with Crippen molar-refractivity contribution in [3.63, 3.8) is 0 Å². The molecular formula is C13H19ClN2O3S. The van der Waals surface area contributed by atoms with Crippen LogP contribution in [0.15, 0.2) is 29.2 Å². The summed E-state index contributed by atoms with van der Waals surface area (Å²) in [7, 11) is 0.920. The summed E-state index contributed by atoms with van der Waals surface area (Å²) < 4.78 is 25.6. The van der Waals surface area contributed by atoms with E-state index in [0.29, 0.717) is 12.3 Å². The Kier molecular flexibility index (Phi) is 5.98. The number of benzene rings is 1. The van der Waals surface area contributed by atoms with E-state index in [4.69, 9.17) is 11.6 Å². The largest absolute Gasteiger partial charge is 0.348 e. The predicted molar refractivity (Wildman–Crippen MR) is 79.4 cm³/mol. The molecule has 1 amide bonds. The van der Waals surface area contributed by atoms with Crippen LogP contribution in [0.5, 0.6) is 0 Å². The third kappa shape index (κ3) is 4.19. The van der Waals surface area contributed by atoms with Crippen LogP contribution in [0, 0.1) is 0 Å². The maximum Gasteiger partial charge on any atom is 0.243 e. The standard InChI is InChI=1S/C13H19ClN2O3S/c1-15(2)13(17)10-16(3)20(18,19)12-6-4-11(5-7-12)8-9-14/h4-7H,8-10H2,1-3H3. The summed E-state index contributed by atoms with van der Waals surface area (Å²) >= 11 is 5.63. The molecule has 1 aromatic rings. The molecule has 0 fully saturated rings. The van der Waals surface area contributed by atoms with E-state index >= 15 is 0 Å². The molecule has 0 unspecified atom stereocenters. The Labute approximate surface area is 125 Å². The number of hydrogen-bond donors (Lipinski definition) is 0. The average molecular weight is 319 g/mol. The summed E-state index contributed by atoms with van der Waals surface area (Å²) in [6.07, 6.45) is 0.691. The summed E-state index contributed by atoms with van der Waals surface area (Å²) in [5, 5.41) is 0. The molecule has 0 saturated heterocycles. The molecule has 0 aliphatic heterocycles. The van der Waals surface area contributed by atoms with Crippen molar-refractivity contribution in [2.75, 3.05) is 33.6 Å². The molecule has 0 aromatic heterocycles. The number of sulfonamides is 1. The Hall–Kier alpha value is -1.11. The van der Waals surface area contributed by atoms with Gasteiger partial charge in [-0.2, -0.15) is 4.31 Å². The summed E-state index contributed by atoms with van der Waals surface area (Å²) in [4.78, 5) is 13.1. The van der Waals surface area contributed by atoms with Crippen LogP contribution in [0.25, 0.3) is 0 Å². The lowest BCUT2D eigenvalue weighted by Gasteiger charge is -2.19. The first-order valence-corrected chi connectivity index (χ1v) is 8.08. The molecule has 1 rings (SSSR count). The number of alkyl halides is 1. The number of halogens is 1. The van der Waals surface area contributed by atoms with Crippen LogP contribution < -0.4 is 0 Å². The first-order valence-electron chi connectivity index (χ1n) is 6.10. The summed E-state index contributed by atoms with van der Waals surface area (Å²) in [6, 6.07) is 6.54. The van der Waals surface area contributed by atoms with E-state index in [1.807, 2.05) is 0 Å². The maximum absolute atomic E-state index is 12.3. The van der Waals surface area contributed by atoms with Crippen LogP contribution in [-0.2, 0) is 21.2 Å². The fraction of sp³-hybridized carbons (Fsp3) is 0.462. The normalized spacial score (nSPS) is 11.7. The first kappa shape index (κ1) is 16.9. The second-order valence-electron chi connectivity index (χ2n) is 4.63. The molecular weight excluding hydrogens is 300 g/mol. The molecule has 112 valence electrons. The average Bonchev–Trinajstić information content (AvgIpc) is 2.39. The molecule has 0 heterocycles. The van der Waals surface area contributed by atoms with E-state index in [1.165, 1.54) is 24.1 Å². The molecule has 7 heteroatoms. The predicted octanol–water partition coefficient (Wildman–Crippen LogP) is 1.18. The van der Waals surface area contributed by atoms with Gasteiger partial charge in [-0.15, -0.1) is 11.6 Å². The highest BCUT2D eigenvalue weighted by Gasteiger charge is 2.23. The molecule has 0 atom stereocenters. The van der Waals surface area contributed by atoms with E-state index in [-0.39, 0.29) is 17.3 Å². The van der Waals surface area contributed by atoms with Gasteiger partial charge in [0.1, 0.15) is 0 Å². The van der Waals surface area contributed by atoms with Crippen LogP contribution in [0.1, 0.15) is 5.56 Å². The Morgan fingerprint density at radius 2 is 1.70 bits per heavy atom. The quantitative estimate of drug-likeness (QED) is 0.740. The van der Waals surface area contributed by atoms with E-state index in [1.54, 1.807) is 26.2 Å². The highest BCUT2D eigenvalue weighted by molar-refractivity contribution is 7.89. The van der Waals surface area contributed by atoms with Crippen molar-refractivity contribution >= 4 is 27.5 Å². The molecule has 0 N–H and O–H groups in total. The zero-order chi connectivity index (χ0) is 15.3. The summed E-state index contributed by atoms with van der Waals surface area (Å²) in [5.74, 6) is 0.221. The van der Waals surface area contributed by atoms with Crippen LogP contribution >= 0.6 is 11.6 Å². The van der Waals surface area contributed by atoms with Crippen molar-refractivity contribution in [3.05, 3.63) is 29.8 Å². The maximum atomic E-state index is 12.3. The number of aryl methyl sites for hydroxylation is 1. The van der Waals surface area contributed by atoms with E-state index in [9.17, 15) is 13.2 Å². The van der Waals surface area contributed by atoms with Crippen molar-refractivity contribution in [2.24, 2.45) is 0 Å². The number of nitrogens with zero attached hydrogens (tertiary/aromatic N) is 2. The molecule has 0 bridgehead atoms. The van der Waals surface area contributed by atoms with E-state index < -0.39 is 10.0 Å². The lowest BCUT2D eigenvalue weighted by atomic mass is 10.2. The molecule has 0 saturated carbocycles. The fourth-order valence-corrected chi connectivity index (χ4v) is 2.87. The second-order valence-corrected chi connectivity index (χ2v) is 7.06. The first-order chi connectivity index (χ1) is 9.28. The number of carbonyl (C=O) groups excluding carboxylic acids is 1. The van der Waals surface area contributed by atoms with Crippen LogP contribution in [-0.4, -0.2) is 57.1 Å². The highest BCUT2D eigenvalue weighted by Crippen LogP contribution is 2.15. The molecule has 0 radical (unpaired) electrons. The van der Waals surface area contributed by atoms with Gasteiger partial charge in [-0.05, 0) is 24.1 Å². The SMILES string of the molecule is CN(C)C(=O)CN(C)S(=O)(=O)c1ccc(CCCl)cc1. The third-order valence-electron chi connectivity index (χ3n) is 2.87. The monoisotopic (exact) mass is 318 g/mol. The smallest absolute Gasteiger partial charge is 0.243 e. The molecule has 0 aliphatic carbocycles. The van der Waals surface area contributed by atoms with Crippen molar-refractivity contribution < 1.29 is 13.2 Å². The Morgan fingerprint density at radius 3 is 2.15 bits per heavy atom. The topological polar surface area (TPSA) is 57.7 Å². The van der Waals surface area contributed by atoms with Gasteiger partial charge in [-0.3, -0.25) is 4.79 Å². The zero-order valence-corrected chi connectivity index (χ0v) is 13.4. The Bertz CT molecular complexity index is 555. The number of likely N-dealkylation sites (N-methyl/N-ethyl adjacent to an activating group) is 2. The van der Waals surface area contributed by atoms with Crippen molar-refractivity contribution in [2.45, 2.75) is 11.3 Å². The van der Waals surface area contributed by atoms with Crippen LogP contribution in [0.4, 0.5) is 0 Å². The van der Waals surface area contributed by atoms with E-state index in [0.717, 1.165) is 9.87 Å². The second kappa shape index (κ2) is 7.06. The van der Waals surface area contributed by atoms with Crippen LogP contribution in [0.3, 0.4) is 0 Å². The number of amides is 1. The lowest BCUT2D eigenvalue weighted by molar-refractivity contribution is -0.128. The van der Waals surface area contributed by atoms with E-state index in [2.05, 4.69) is 0 Å². The summed E-state index contributed by atoms with van der Waals surface area (Å²) in [6.45, 7) is -0.182. The zero-order valence-electron chi connectivity index (χ0n) is 11.8. The van der Waals surface area contributed by atoms with Gasteiger partial charge in [0, 0.05) is 27.0 Å². The van der Waals surface area contributed by atoms with Gasteiger partial charge >= 0.3 is 0 Å². The summed E-state index contributed by atoms with van der Waals surface area (Å²) in [5.41, 5.74) is 0.978. The fourth-order valence-electron chi connectivity index (χ4n) is 1.53. The third-order valence-corrected chi connectivity index (χ3v) is 4.88. The lowest BCUT2D eigenvalue weighted by Crippen LogP contribution is -2.37. The number of rotatable bonds is 6. The molecule has 0 aliphatic rings. The van der Waals surface area contributed by atoms with Gasteiger partial charge in [0.2, 0.25) is 15.9 Å². The number of hydrogen-bond acceptors (Lipinski definition) is 3. The minimum Gasteiger partial charge on any atom is -0.348 e. The highest BCUT2D eigenvalue weighted by atomic mass is 35.5. The van der Waals surface area contributed by atoms with Gasteiger partial charge in [0.15, 0.2) is 0 Å². The van der Waals surface area contributed by atoms with Gasteiger partial charge in [-0.25, -0.2) is 8.42 Å². The van der Waals surface area contributed by atoms with Gasteiger partial charge in [0.05, 0.1) is 11.4 Å². The minimum atomic E-state index is -3.65. The van der Waals surface area contributed by atoms with Crippen molar-refractivity contribution in [1.29, 1.82) is 0 Å². The van der Waals surface area contributed by atoms with Gasteiger partial charge < -0.3 is 4.90 Å². The van der Waals surface area contributed by atoms with Crippen molar-refractivity contribution in [3.8, 4) is 0 Å². The molecule has 0 spiro atoms. The Balaban J connectivity index is 2.89. The van der Waals surface area contributed by atoms with Gasteiger partial charge in [-0.1, -0.05) is 12.1 Å². The van der Waals surface area contributed by atoms with Gasteiger partial charge in [0.25, 0.3) is 0 Å². The Morgan fingerprint density at radius 1 is 1.15 bits per heavy atom. The molecule has 5 nitrogen and oxygen atoms in total. The van der Waals surface area contributed by atoms with Crippen LogP contribution in [0.2, 0.25) is 0 Å². The number of carbonyl (C=O) groups is 1. The molecule has 20 heavy (non-hydrogen) atoms. The van der Waals surface area contributed by atoms with Crippen molar-refractivity contribution in [1.82, 2.24) is 9.21 Å².